The second-order valence-electron chi connectivity index (χ2n) is 5.63. The molecule has 3 heteroatoms. The topological polar surface area (TPSA) is 26.3 Å². The Hall–Kier alpha value is -1.38. The number of halogens is 1. The smallest absolute Gasteiger partial charge is 0.170 e. The highest BCUT2D eigenvalue weighted by Crippen LogP contribution is 2.58. The molecule has 0 spiro atoms. The number of ketones is 1. The second-order valence-corrected chi connectivity index (χ2v) is 5.63. The molecule has 0 aromatic heterocycles. The van der Waals surface area contributed by atoms with Crippen molar-refractivity contribution in [3.8, 4) is 5.75 Å². The molecule has 0 saturated heterocycles. The SMILES string of the molecule is CC1(C2(C)CC(=O)c3cc(F)ccc3O2)CC1. The van der Waals surface area contributed by atoms with Crippen LogP contribution in [0.1, 0.15) is 43.5 Å². The maximum absolute atomic E-state index is 13.1. The van der Waals surface area contributed by atoms with Crippen LogP contribution in [0.4, 0.5) is 4.39 Å². The molecular weight excluding hydrogens is 219 g/mol. The first-order valence-electron chi connectivity index (χ1n) is 5.95. The lowest BCUT2D eigenvalue weighted by atomic mass is 9.80. The van der Waals surface area contributed by atoms with Crippen LogP contribution in [0.3, 0.4) is 0 Å². The van der Waals surface area contributed by atoms with Crippen LogP contribution in [0, 0.1) is 11.2 Å². The molecule has 1 unspecified atom stereocenters. The molecule has 1 atom stereocenters. The Kier molecular flexibility index (Phi) is 1.96. The van der Waals surface area contributed by atoms with Gasteiger partial charge in [-0.2, -0.15) is 0 Å². The Morgan fingerprint density at radius 3 is 2.65 bits per heavy atom. The predicted octanol–water partition coefficient (Wildman–Crippen LogP) is 3.35. The summed E-state index contributed by atoms with van der Waals surface area (Å²) in [5.74, 6) is 0.126. The summed E-state index contributed by atoms with van der Waals surface area (Å²) in [5, 5.41) is 0. The third-order valence-electron chi connectivity index (χ3n) is 4.35. The van der Waals surface area contributed by atoms with Gasteiger partial charge in [0.25, 0.3) is 0 Å². The van der Waals surface area contributed by atoms with Crippen molar-refractivity contribution < 1.29 is 13.9 Å². The molecule has 1 fully saturated rings. The number of fused-ring (bicyclic) bond motifs is 1. The largest absolute Gasteiger partial charge is 0.486 e. The Bertz CT molecular complexity index is 505. The van der Waals surface area contributed by atoms with E-state index in [1.165, 1.54) is 12.1 Å². The third kappa shape index (κ3) is 1.48. The number of carbonyl (C=O) groups excluding carboxylic acids is 1. The summed E-state index contributed by atoms with van der Waals surface area (Å²) >= 11 is 0. The molecular formula is C14H15FO2. The number of benzene rings is 1. The summed E-state index contributed by atoms with van der Waals surface area (Å²) < 4.78 is 19.1. The summed E-state index contributed by atoms with van der Waals surface area (Å²) in [7, 11) is 0. The molecule has 0 amide bonds. The van der Waals surface area contributed by atoms with Gasteiger partial charge in [-0.25, -0.2) is 4.39 Å². The van der Waals surface area contributed by atoms with E-state index >= 15 is 0 Å². The van der Waals surface area contributed by atoms with Crippen molar-refractivity contribution in [3.63, 3.8) is 0 Å². The first-order chi connectivity index (χ1) is 7.94. The van der Waals surface area contributed by atoms with Crippen molar-refractivity contribution in [1.29, 1.82) is 0 Å². The quantitative estimate of drug-likeness (QED) is 0.744. The Morgan fingerprint density at radius 2 is 2.00 bits per heavy atom. The van der Waals surface area contributed by atoms with Crippen molar-refractivity contribution in [1.82, 2.24) is 0 Å². The minimum absolute atomic E-state index is 0.0126. The summed E-state index contributed by atoms with van der Waals surface area (Å²) in [6, 6.07) is 4.17. The standard InChI is InChI=1S/C14H15FO2/c1-13(5-6-13)14(2)8-11(16)10-7-9(15)3-4-12(10)17-14/h3-4,7H,5-6,8H2,1-2H3. The van der Waals surface area contributed by atoms with Gasteiger partial charge < -0.3 is 4.74 Å². The molecule has 1 aliphatic heterocycles. The average molecular weight is 234 g/mol. The van der Waals surface area contributed by atoms with Gasteiger partial charge in [-0.15, -0.1) is 0 Å². The molecule has 2 nitrogen and oxygen atoms in total. The van der Waals surface area contributed by atoms with Crippen molar-refractivity contribution in [2.75, 3.05) is 0 Å². The highest BCUT2D eigenvalue weighted by atomic mass is 19.1. The van der Waals surface area contributed by atoms with Crippen LogP contribution in [0.15, 0.2) is 18.2 Å². The zero-order valence-electron chi connectivity index (χ0n) is 10.0. The van der Waals surface area contributed by atoms with E-state index in [0.717, 1.165) is 12.8 Å². The van der Waals surface area contributed by atoms with E-state index in [2.05, 4.69) is 6.92 Å². The fraction of sp³-hybridized carbons (Fsp3) is 0.500. The van der Waals surface area contributed by atoms with E-state index < -0.39 is 5.60 Å². The van der Waals surface area contributed by atoms with Crippen molar-refractivity contribution in [2.45, 2.75) is 38.7 Å². The Balaban J connectivity index is 2.04. The van der Waals surface area contributed by atoms with E-state index in [1.807, 2.05) is 6.92 Å². The number of hydrogen-bond acceptors (Lipinski definition) is 2. The molecule has 2 aliphatic rings. The third-order valence-corrected chi connectivity index (χ3v) is 4.35. The van der Waals surface area contributed by atoms with Crippen LogP contribution >= 0.6 is 0 Å². The maximum atomic E-state index is 13.1. The lowest BCUT2D eigenvalue weighted by molar-refractivity contribution is 0.00411. The summed E-state index contributed by atoms with van der Waals surface area (Å²) in [5.41, 5.74) is 0.0376. The first-order valence-corrected chi connectivity index (χ1v) is 5.95. The van der Waals surface area contributed by atoms with Crippen molar-refractivity contribution >= 4 is 5.78 Å². The van der Waals surface area contributed by atoms with E-state index in [4.69, 9.17) is 4.74 Å². The van der Waals surface area contributed by atoms with Crippen molar-refractivity contribution in [3.05, 3.63) is 29.6 Å². The van der Waals surface area contributed by atoms with E-state index in [9.17, 15) is 9.18 Å². The minimum Gasteiger partial charge on any atom is -0.486 e. The molecule has 1 saturated carbocycles. The summed E-state index contributed by atoms with van der Waals surface area (Å²) in [4.78, 5) is 12.1. The summed E-state index contributed by atoms with van der Waals surface area (Å²) in [6.45, 7) is 4.14. The maximum Gasteiger partial charge on any atom is 0.170 e. The lowest BCUT2D eigenvalue weighted by Crippen LogP contribution is -2.46. The number of ether oxygens (including phenoxy) is 1. The molecule has 0 N–H and O–H groups in total. The molecule has 1 aromatic rings. The van der Waals surface area contributed by atoms with E-state index in [1.54, 1.807) is 6.07 Å². The fourth-order valence-electron chi connectivity index (χ4n) is 2.54. The van der Waals surface area contributed by atoms with E-state index in [0.29, 0.717) is 17.7 Å². The average Bonchev–Trinajstić information content (AvgIpc) is 3.00. The van der Waals surface area contributed by atoms with Crippen LogP contribution in [0.5, 0.6) is 5.75 Å². The number of Topliss-reactive ketones (excluding diaryl/α,β-unsaturated/α-hetero) is 1. The zero-order chi connectivity index (χ0) is 12.3. The minimum atomic E-state index is -0.436. The molecule has 1 aromatic carbocycles. The number of rotatable bonds is 1. The zero-order valence-corrected chi connectivity index (χ0v) is 10.0. The van der Waals surface area contributed by atoms with Crippen molar-refractivity contribution in [2.24, 2.45) is 5.41 Å². The van der Waals surface area contributed by atoms with Gasteiger partial charge in [-0.1, -0.05) is 6.92 Å². The van der Waals surface area contributed by atoms with Gasteiger partial charge in [0.15, 0.2) is 5.78 Å². The monoisotopic (exact) mass is 234 g/mol. The molecule has 17 heavy (non-hydrogen) atoms. The van der Waals surface area contributed by atoms with Crippen LogP contribution in [-0.2, 0) is 0 Å². The van der Waals surface area contributed by atoms with Gasteiger partial charge in [-0.05, 0) is 38.0 Å². The normalized spacial score (nSPS) is 29.5. The highest BCUT2D eigenvalue weighted by molar-refractivity contribution is 6.00. The van der Waals surface area contributed by atoms with Crippen LogP contribution in [-0.4, -0.2) is 11.4 Å². The molecule has 1 aliphatic carbocycles. The van der Waals surface area contributed by atoms with Crippen LogP contribution in [0.25, 0.3) is 0 Å². The highest BCUT2D eigenvalue weighted by Gasteiger charge is 2.57. The second kappa shape index (κ2) is 3.09. The Morgan fingerprint density at radius 1 is 1.29 bits per heavy atom. The van der Waals surface area contributed by atoms with Gasteiger partial charge in [0, 0.05) is 5.41 Å². The Labute approximate surface area is 99.8 Å². The molecule has 1 heterocycles. The van der Waals surface area contributed by atoms with Gasteiger partial charge in [0.2, 0.25) is 0 Å². The molecule has 90 valence electrons. The molecule has 0 bridgehead atoms. The number of hydrogen-bond donors (Lipinski definition) is 0. The van der Waals surface area contributed by atoms with Gasteiger partial charge in [-0.3, -0.25) is 4.79 Å². The molecule has 3 rings (SSSR count). The number of carbonyl (C=O) groups is 1. The van der Waals surface area contributed by atoms with Gasteiger partial charge >= 0.3 is 0 Å². The van der Waals surface area contributed by atoms with E-state index in [-0.39, 0.29) is 17.0 Å². The van der Waals surface area contributed by atoms with Crippen LogP contribution in [0.2, 0.25) is 0 Å². The van der Waals surface area contributed by atoms with Crippen LogP contribution < -0.4 is 4.74 Å². The first kappa shape index (κ1) is 10.8. The summed E-state index contributed by atoms with van der Waals surface area (Å²) in [6.07, 6.45) is 2.53. The van der Waals surface area contributed by atoms with Gasteiger partial charge in [0.05, 0.1) is 12.0 Å². The fourth-order valence-corrected chi connectivity index (χ4v) is 2.54. The lowest BCUT2D eigenvalue weighted by Gasteiger charge is -2.40. The van der Waals surface area contributed by atoms with Gasteiger partial charge in [0.1, 0.15) is 17.2 Å². The predicted molar refractivity (Wildman–Crippen MR) is 61.7 cm³/mol. The molecule has 0 radical (unpaired) electrons.